The van der Waals surface area contributed by atoms with E-state index in [2.05, 4.69) is 48.9 Å². The van der Waals surface area contributed by atoms with Crippen molar-refractivity contribution in [2.24, 2.45) is 0 Å². The van der Waals surface area contributed by atoms with Gasteiger partial charge in [-0.05, 0) is 47.0 Å². The first-order valence-corrected chi connectivity index (χ1v) is 8.13. The Kier molecular flexibility index (Phi) is 5.06. The molecule has 2 atom stereocenters. The Morgan fingerprint density at radius 3 is 2.30 bits per heavy atom. The average molecular weight is 278 g/mol. The molecule has 0 spiro atoms. The number of hydrogen-bond acceptors (Lipinski definition) is 4. The van der Waals surface area contributed by atoms with Crippen LogP contribution in [0.15, 0.2) is 0 Å². The summed E-state index contributed by atoms with van der Waals surface area (Å²) < 4.78 is 0. The largest absolute Gasteiger partial charge is 0.298 e. The second kappa shape index (κ2) is 6.43. The van der Waals surface area contributed by atoms with Gasteiger partial charge in [-0.2, -0.15) is 5.26 Å². The number of hydrogen-bond donors (Lipinski definition) is 1. The van der Waals surface area contributed by atoms with E-state index in [1.165, 1.54) is 13.1 Å². The van der Waals surface area contributed by atoms with E-state index in [0.29, 0.717) is 18.1 Å². The molecule has 1 N–H and O–H groups in total. The van der Waals surface area contributed by atoms with Crippen LogP contribution in [0.25, 0.3) is 0 Å². The van der Waals surface area contributed by atoms with Gasteiger partial charge in [0.1, 0.15) is 5.54 Å². The van der Waals surface area contributed by atoms with Crippen LogP contribution in [-0.2, 0) is 0 Å². The first kappa shape index (κ1) is 15.8. The molecule has 0 radical (unpaired) electrons. The summed E-state index contributed by atoms with van der Waals surface area (Å²) in [5.74, 6) is 0. The van der Waals surface area contributed by atoms with E-state index in [0.717, 1.165) is 32.4 Å². The van der Waals surface area contributed by atoms with Crippen LogP contribution in [0.1, 0.15) is 47.0 Å². The summed E-state index contributed by atoms with van der Waals surface area (Å²) in [6, 6.07) is 4.18. The minimum absolute atomic E-state index is 0.284. The van der Waals surface area contributed by atoms with E-state index >= 15 is 0 Å². The predicted octanol–water partition coefficient (Wildman–Crippen LogP) is 1.83. The second-order valence-electron chi connectivity index (χ2n) is 7.06. The van der Waals surface area contributed by atoms with Gasteiger partial charge in [0.05, 0.1) is 6.07 Å². The highest BCUT2D eigenvalue weighted by Gasteiger charge is 2.42. The molecule has 0 bridgehead atoms. The maximum atomic E-state index is 9.56. The summed E-state index contributed by atoms with van der Waals surface area (Å²) in [6.07, 6.45) is 3.15. The molecule has 4 heteroatoms. The highest BCUT2D eigenvalue weighted by Crippen LogP contribution is 2.33. The van der Waals surface area contributed by atoms with Crippen LogP contribution in [0.2, 0.25) is 0 Å². The minimum atomic E-state index is -0.284. The number of nitrogens with zero attached hydrogens (tertiary/aromatic N) is 3. The van der Waals surface area contributed by atoms with E-state index in [-0.39, 0.29) is 5.54 Å². The zero-order chi connectivity index (χ0) is 14.8. The fraction of sp³-hybridized carbons (Fsp3) is 0.938. The quantitative estimate of drug-likeness (QED) is 0.852. The molecule has 2 rings (SSSR count). The molecule has 1 saturated carbocycles. The molecule has 1 aliphatic carbocycles. The summed E-state index contributed by atoms with van der Waals surface area (Å²) in [6.45, 7) is 13.5. The van der Waals surface area contributed by atoms with Gasteiger partial charge >= 0.3 is 0 Å². The van der Waals surface area contributed by atoms with Gasteiger partial charge < -0.3 is 0 Å². The molecule has 4 nitrogen and oxygen atoms in total. The van der Waals surface area contributed by atoms with Crippen LogP contribution in [0, 0.1) is 11.3 Å². The van der Waals surface area contributed by atoms with E-state index in [9.17, 15) is 5.26 Å². The van der Waals surface area contributed by atoms with Crippen molar-refractivity contribution in [2.45, 2.75) is 70.6 Å². The molecule has 1 aliphatic heterocycles. The van der Waals surface area contributed by atoms with Gasteiger partial charge in [-0.25, -0.2) is 0 Å². The molecule has 114 valence electrons. The lowest BCUT2D eigenvalue weighted by Crippen LogP contribution is -2.53. The third-order valence-corrected chi connectivity index (χ3v) is 4.86. The molecular formula is C16H30N4. The summed E-state index contributed by atoms with van der Waals surface area (Å²) in [4.78, 5) is 5.16. The molecule has 0 aromatic carbocycles. The van der Waals surface area contributed by atoms with Crippen molar-refractivity contribution in [1.82, 2.24) is 15.1 Å². The maximum Gasteiger partial charge on any atom is 0.108 e. The van der Waals surface area contributed by atoms with Gasteiger partial charge in [0.2, 0.25) is 0 Å². The topological polar surface area (TPSA) is 42.3 Å². The number of rotatable bonds is 4. The van der Waals surface area contributed by atoms with Gasteiger partial charge in [-0.15, -0.1) is 0 Å². The highest BCUT2D eigenvalue weighted by molar-refractivity contribution is 5.14. The van der Waals surface area contributed by atoms with Crippen molar-refractivity contribution in [3.05, 3.63) is 0 Å². The maximum absolute atomic E-state index is 9.56. The summed E-state index contributed by atoms with van der Waals surface area (Å²) in [5.41, 5.74) is -0.284. The molecule has 1 saturated heterocycles. The van der Waals surface area contributed by atoms with Crippen molar-refractivity contribution >= 4 is 0 Å². The smallest absolute Gasteiger partial charge is 0.108 e. The third-order valence-electron chi connectivity index (χ3n) is 4.86. The molecule has 0 aromatic rings. The molecule has 20 heavy (non-hydrogen) atoms. The van der Waals surface area contributed by atoms with Crippen LogP contribution >= 0.6 is 0 Å². The van der Waals surface area contributed by atoms with Gasteiger partial charge in [-0.1, -0.05) is 0 Å². The minimum Gasteiger partial charge on any atom is -0.298 e. The first-order valence-electron chi connectivity index (χ1n) is 8.13. The van der Waals surface area contributed by atoms with Crippen LogP contribution in [0.3, 0.4) is 0 Å². The second-order valence-corrected chi connectivity index (χ2v) is 7.06. The molecule has 1 heterocycles. The zero-order valence-corrected chi connectivity index (χ0v) is 13.5. The molecule has 0 amide bonds. The fourth-order valence-electron chi connectivity index (χ4n) is 3.77. The lowest BCUT2D eigenvalue weighted by Gasteiger charge is -2.40. The van der Waals surface area contributed by atoms with Gasteiger partial charge in [0, 0.05) is 44.3 Å². The number of piperazine rings is 1. The number of nitriles is 1. The van der Waals surface area contributed by atoms with Crippen molar-refractivity contribution in [3.63, 3.8) is 0 Å². The van der Waals surface area contributed by atoms with E-state index in [1.807, 2.05) is 0 Å². The van der Waals surface area contributed by atoms with E-state index < -0.39 is 0 Å². The highest BCUT2D eigenvalue weighted by atomic mass is 15.3. The number of nitrogens with one attached hydrogen (secondary N) is 1. The van der Waals surface area contributed by atoms with Crippen molar-refractivity contribution in [2.75, 3.05) is 26.2 Å². The SMILES string of the molecule is CC(C)NC1(C#N)CCC(N2CCN(C(C)C)CC2)C1. The Morgan fingerprint density at radius 2 is 1.80 bits per heavy atom. The zero-order valence-electron chi connectivity index (χ0n) is 13.5. The monoisotopic (exact) mass is 278 g/mol. The Balaban J connectivity index is 1.89. The van der Waals surface area contributed by atoms with Crippen LogP contribution in [0.4, 0.5) is 0 Å². The third kappa shape index (κ3) is 3.52. The standard InChI is InChI=1S/C16H30N4/c1-13(2)18-16(12-17)6-5-15(11-16)20-9-7-19(8-10-20)14(3)4/h13-15,18H,5-11H2,1-4H3. The Hall–Kier alpha value is -0.630. The van der Waals surface area contributed by atoms with Crippen LogP contribution in [0.5, 0.6) is 0 Å². The Morgan fingerprint density at radius 1 is 1.15 bits per heavy atom. The van der Waals surface area contributed by atoms with Crippen LogP contribution in [-0.4, -0.2) is 59.6 Å². The van der Waals surface area contributed by atoms with Gasteiger partial charge in [-0.3, -0.25) is 15.1 Å². The molecule has 0 aromatic heterocycles. The van der Waals surface area contributed by atoms with E-state index in [4.69, 9.17) is 0 Å². The van der Waals surface area contributed by atoms with Crippen molar-refractivity contribution in [3.8, 4) is 6.07 Å². The molecule has 2 aliphatic rings. The van der Waals surface area contributed by atoms with Crippen LogP contribution < -0.4 is 5.32 Å². The Bertz CT molecular complexity index is 352. The lowest BCUT2D eigenvalue weighted by atomic mass is 9.98. The molecule has 2 fully saturated rings. The van der Waals surface area contributed by atoms with Gasteiger partial charge in [0.15, 0.2) is 0 Å². The molecular weight excluding hydrogens is 248 g/mol. The van der Waals surface area contributed by atoms with E-state index in [1.54, 1.807) is 0 Å². The summed E-state index contributed by atoms with van der Waals surface area (Å²) in [5, 5.41) is 13.1. The fourth-order valence-corrected chi connectivity index (χ4v) is 3.77. The predicted molar refractivity (Wildman–Crippen MR) is 82.5 cm³/mol. The average Bonchev–Trinajstić information content (AvgIpc) is 2.83. The lowest BCUT2D eigenvalue weighted by molar-refractivity contribution is 0.0779. The Labute approximate surface area is 124 Å². The van der Waals surface area contributed by atoms with Crippen molar-refractivity contribution in [1.29, 1.82) is 5.26 Å². The normalized spacial score (nSPS) is 33.0. The van der Waals surface area contributed by atoms with Crippen molar-refractivity contribution < 1.29 is 0 Å². The molecule has 2 unspecified atom stereocenters. The summed E-state index contributed by atoms with van der Waals surface area (Å²) in [7, 11) is 0. The summed E-state index contributed by atoms with van der Waals surface area (Å²) >= 11 is 0. The first-order chi connectivity index (χ1) is 9.46. The van der Waals surface area contributed by atoms with Gasteiger partial charge in [0.25, 0.3) is 0 Å².